The number of methoxy groups -OCH3 is 2. The number of para-hydroxylation sites is 1. The third-order valence-corrected chi connectivity index (χ3v) is 6.15. The van der Waals surface area contributed by atoms with E-state index in [-0.39, 0.29) is 23.4 Å². The first-order valence-corrected chi connectivity index (χ1v) is 11.2. The highest BCUT2D eigenvalue weighted by Crippen LogP contribution is 2.31. The molecule has 0 atom stereocenters. The summed E-state index contributed by atoms with van der Waals surface area (Å²) in [5, 5.41) is 3.14. The minimum absolute atomic E-state index is 0.0421. The summed E-state index contributed by atoms with van der Waals surface area (Å²) in [7, 11) is 3.10. The Morgan fingerprint density at radius 1 is 1.00 bits per heavy atom. The third kappa shape index (κ3) is 5.52. The van der Waals surface area contributed by atoms with Crippen LogP contribution in [0.2, 0.25) is 0 Å². The second kappa shape index (κ2) is 10.5. The highest BCUT2D eigenvalue weighted by atomic mass is 19.1. The van der Waals surface area contributed by atoms with Crippen molar-refractivity contribution < 1.29 is 18.7 Å². The number of hydrogen-bond acceptors (Lipinski definition) is 4. The molecule has 1 heterocycles. The van der Waals surface area contributed by atoms with E-state index in [2.05, 4.69) is 10.2 Å². The summed E-state index contributed by atoms with van der Waals surface area (Å²) in [5.74, 6) is 0.674. The van der Waals surface area contributed by atoms with Crippen molar-refractivity contribution in [2.24, 2.45) is 5.92 Å². The highest BCUT2D eigenvalue weighted by Gasteiger charge is 2.25. The second-order valence-electron chi connectivity index (χ2n) is 8.29. The quantitative estimate of drug-likeness (QED) is 0.529. The Morgan fingerprint density at radius 3 is 2.52 bits per heavy atom. The molecule has 1 fully saturated rings. The summed E-state index contributed by atoms with van der Waals surface area (Å²) < 4.78 is 24.3. The summed E-state index contributed by atoms with van der Waals surface area (Å²) in [4.78, 5) is 15.3. The molecule has 0 aromatic heterocycles. The number of amides is 1. The van der Waals surface area contributed by atoms with Crippen molar-refractivity contribution in [3.63, 3.8) is 0 Å². The van der Waals surface area contributed by atoms with Gasteiger partial charge in [-0.15, -0.1) is 0 Å². The van der Waals surface area contributed by atoms with Gasteiger partial charge in [-0.25, -0.2) is 4.39 Å². The van der Waals surface area contributed by atoms with Crippen LogP contribution >= 0.6 is 0 Å². The minimum atomic E-state index is -0.348. The highest BCUT2D eigenvalue weighted by molar-refractivity contribution is 5.96. The Labute approximate surface area is 194 Å². The van der Waals surface area contributed by atoms with Gasteiger partial charge in [0.2, 0.25) is 5.91 Å². The number of nitrogens with one attached hydrogen (secondary N) is 1. The number of carbonyl (C=O) groups is 1. The first kappa shape index (κ1) is 22.8. The predicted octanol–water partition coefficient (Wildman–Crippen LogP) is 5.36. The summed E-state index contributed by atoms with van der Waals surface area (Å²) in [6.45, 7) is 2.25. The largest absolute Gasteiger partial charge is 0.497 e. The van der Waals surface area contributed by atoms with Crippen molar-refractivity contribution in [3.8, 4) is 22.6 Å². The number of ether oxygens (including phenoxy) is 2. The smallest absolute Gasteiger partial charge is 0.227 e. The van der Waals surface area contributed by atoms with E-state index in [1.165, 1.54) is 13.2 Å². The summed E-state index contributed by atoms with van der Waals surface area (Å²) in [6.07, 6.45) is 1.54. The fraction of sp³-hybridized carbons (Fsp3) is 0.296. The average Bonchev–Trinajstić information content (AvgIpc) is 2.85. The van der Waals surface area contributed by atoms with Gasteiger partial charge in [0, 0.05) is 23.7 Å². The van der Waals surface area contributed by atoms with Crippen LogP contribution in [-0.4, -0.2) is 38.1 Å². The number of carbonyl (C=O) groups excluding carboxylic acids is 1. The maximum atomic E-state index is 14.0. The standard InChI is InChI=1S/C27H29FN2O3/c1-32-22-7-5-6-21(17-22)23-8-3-4-9-25(23)29-27(31)20-12-14-30(15-13-20)18-19-10-11-26(33-2)24(28)16-19/h3-11,16-17,20H,12-15,18H2,1-2H3,(H,29,31). The number of likely N-dealkylation sites (tertiary alicyclic amines) is 1. The van der Waals surface area contributed by atoms with Gasteiger partial charge in [0.15, 0.2) is 11.6 Å². The Morgan fingerprint density at radius 2 is 1.79 bits per heavy atom. The zero-order valence-corrected chi connectivity index (χ0v) is 19.0. The van der Waals surface area contributed by atoms with Gasteiger partial charge in [0.25, 0.3) is 0 Å². The number of rotatable bonds is 7. The van der Waals surface area contributed by atoms with Crippen LogP contribution in [0.5, 0.6) is 11.5 Å². The maximum absolute atomic E-state index is 14.0. The zero-order valence-electron chi connectivity index (χ0n) is 19.0. The van der Waals surface area contributed by atoms with Gasteiger partial charge in [-0.2, -0.15) is 0 Å². The van der Waals surface area contributed by atoms with Gasteiger partial charge in [0.1, 0.15) is 5.75 Å². The van der Waals surface area contributed by atoms with Crippen LogP contribution in [0.15, 0.2) is 66.7 Å². The van der Waals surface area contributed by atoms with Gasteiger partial charge >= 0.3 is 0 Å². The molecule has 5 nitrogen and oxygen atoms in total. The first-order valence-electron chi connectivity index (χ1n) is 11.2. The van der Waals surface area contributed by atoms with Crippen molar-refractivity contribution in [1.82, 2.24) is 4.90 Å². The molecule has 3 aromatic carbocycles. The van der Waals surface area contributed by atoms with Crippen LogP contribution in [0.1, 0.15) is 18.4 Å². The molecule has 0 saturated carbocycles. The number of anilines is 1. The van der Waals surface area contributed by atoms with Gasteiger partial charge in [-0.1, -0.05) is 36.4 Å². The topological polar surface area (TPSA) is 50.8 Å². The predicted molar refractivity (Wildman–Crippen MR) is 128 cm³/mol. The summed E-state index contributed by atoms with van der Waals surface area (Å²) in [5.41, 5.74) is 3.66. The number of hydrogen-bond donors (Lipinski definition) is 1. The molecule has 1 aliphatic heterocycles. The molecule has 1 amide bonds. The average molecular weight is 449 g/mol. The molecule has 1 N–H and O–H groups in total. The van der Waals surface area contributed by atoms with E-state index < -0.39 is 0 Å². The lowest BCUT2D eigenvalue weighted by atomic mass is 9.95. The Hall–Kier alpha value is -3.38. The fourth-order valence-corrected chi connectivity index (χ4v) is 4.29. The van der Waals surface area contributed by atoms with Crippen LogP contribution in [0.25, 0.3) is 11.1 Å². The van der Waals surface area contributed by atoms with E-state index in [4.69, 9.17) is 9.47 Å². The monoisotopic (exact) mass is 448 g/mol. The molecule has 3 aromatic rings. The molecule has 1 saturated heterocycles. The normalized spacial score (nSPS) is 14.6. The van der Waals surface area contributed by atoms with E-state index in [1.807, 2.05) is 54.6 Å². The van der Waals surface area contributed by atoms with Crippen molar-refractivity contribution in [1.29, 1.82) is 0 Å². The molecular weight excluding hydrogens is 419 g/mol. The lowest BCUT2D eigenvalue weighted by Crippen LogP contribution is -2.37. The van der Waals surface area contributed by atoms with Crippen LogP contribution in [0.4, 0.5) is 10.1 Å². The minimum Gasteiger partial charge on any atom is -0.497 e. The lowest BCUT2D eigenvalue weighted by Gasteiger charge is -2.31. The molecule has 172 valence electrons. The number of piperidine rings is 1. The fourth-order valence-electron chi connectivity index (χ4n) is 4.29. The molecule has 0 aliphatic carbocycles. The lowest BCUT2D eigenvalue weighted by molar-refractivity contribution is -0.121. The summed E-state index contributed by atoms with van der Waals surface area (Å²) >= 11 is 0. The van der Waals surface area contributed by atoms with Crippen LogP contribution in [-0.2, 0) is 11.3 Å². The molecule has 1 aliphatic rings. The van der Waals surface area contributed by atoms with Gasteiger partial charge in [-0.05, 0) is 67.4 Å². The zero-order chi connectivity index (χ0) is 23.2. The second-order valence-corrected chi connectivity index (χ2v) is 8.29. The van der Waals surface area contributed by atoms with Crippen LogP contribution < -0.4 is 14.8 Å². The molecular formula is C27H29FN2O3. The number of halogens is 1. The summed E-state index contributed by atoms with van der Waals surface area (Å²) in [6, 6.07) is 20.7. The van der Waals surface area contributed by atoms with Crippen molar-refractivity contribution in [2.45, 2.75) is 19.4 Å². The molecule has 33 heavy (non-hydrogen) atoms. The first-order chi connectivity index (χ1) is 16.1. The van der Waals surface area contributed by atoms with Crippen molar-refractivity contribution >= 4 is 11.6 Å². The molecule has 0 spiro atoms. The van der Waals surface area contributed by atoms with Crippen molar-refractivity contribution in [3.05, 3.63) is 78.1 Å². The SMILES string of the molecule is COc1cccc(-c2ccccc2NC(=O)C2CCN(Cc3ccc(OC)c(F)c3)CC2)c1. The van der Waals surface area contributed by atoms with E-state index in [0.717, 1.165) is 54.1 Å². The number of benzene rings is 3. The molecule has 4 rings (SSSR count). The molecule has 0 unspecified atom stereocenters. The van der Waals surface area contributed by atoms with E-state index in [9.17, 15) is 9.18 Å². The number of nitrogens with zero attached hydrogens (tertiary/aromatic N) is 1. The van der Waals surface area contributed by atoms with Crippen LogP contribution in [0.3, 0.4) is 0 Å². The van der Waals surface area contributed by atoms with Gasteiger partial charge < -0.3 is 14.8 Å². The van der Waals surface area contributed by atoms with E-state index in [0.29, 0.717) is 6.54 Å². The Kier molecular flexibility index (Phi) is 7.25. The molecule has 6 heteroatoms. The Balaban J connectivity index is 1.37. The van der Waals surface area contributed by atoms with E-state index >= 15 is 0 Å². The maximum Gasteiger partial charge on any atom is 0.227 e. The van der Waals surface area contributed by atoms with Gasteiger partial charge in [0.05, 0.1) is 14.2 Å². The van der Waals surface area contributed by atoms with Crippen LogP contribution in [0, 0.1) is 11.7 Å². The Bertz CT molecular complexity index is 1110. The van der Waals surface area contributed by atoms with E-state index in [1.54, 1.807) is 13.2 Å². The molecule has 0 bridgehead atoms. The third-order valence-electron chi connectivity index (χ3n) is 6.15. The molecule has 0 radical (unpaired) electrons. The van der Waals surface area contributed by atoms with Gasteiger partial charge in [-0.3, -0.25) is 9.69 Å². The van der Waals surface area contributed by atoms with Crippen molar-refractivity contribution in [2.75, 3.05) is 32.6 Å².